The van der Waals surface area contributed by atoms with E-state index in [4.69, 9.17) is 10.8 Å². The lowest BCUT2D eigenvalue weighted by Gasteiger charge is -2.28. The highest BCUT2D eigenvalue weighted by Crippen LogP contribution is 2.28. The van der Waals surface area contributed by atoms with Gasteiger partial charge in [-0.1, -0.05) is 80.6 Å². The average molecular weight is 478 g/mol. The molecule has 0 radical (unpaired) electrons. The third-order valence-corrected chi connectivity index (χ3v) is 5.69. The number of carbonyl (C=O) groups is 3. The summed E-state index contributed by atoms with van der Waals surface area (Å²) in [6.45, 7) is 3.53. The molecule has 5 N–H and O–H groups in total. The normalized spacial score (nSPS) is 12.8. The predicted octanol–water partition coefficient (Wildman–Crippen LogP) is 3.02. The smallest absolute Gasteiger partial charge is 0.334 e. The monoisotopic (exact) mass is 477 g/mol. The van der Waals surface area contributed by atoms with Gasteiger partial charge in [-0.2, -0.15) is 0 Å². The number of rotatable bonds is 10. The minimum Gasteiger partial charge on any atom is -0.479 e. The first-order valence-corrected chi connectivity index (χ1v) is 11.5. The number of benzene rings is 3. The SMILES string of the molecule is CC(C)CN(CC(O)C(=O)O)C(=O)NC(Cc1ccc(-c2cccc3ccccc23)cc1)C(N)=O. The number of amides is 3. The fraction of sp³-hybridized carbons (Fsp3) is 0.296. The Kier molecular flexibility index (Phi) is 8.43. The topological polar surface area (TPSA) is 133 Å². The Bertz CT molecular complexity index is 1190. The van der Waals surface area contributed by atoms with Crippen molar-refractivity contribution in [2.45, 2.75) is 32.4 Å². The maximum atomic E-state index is 12.8. The number of aliphatic carboxylic acids is 1. The highest BCUT2D eigenvalue weighted by molar-refractivity contribution is 5.96. The molecule has 3 amide bonds. The van der Waals surface area contributed by atoms with Crippen molar-refractivity contribution in [3.05, 3.63) is 72.3 Å². The quantitative estimate of drug-likeness (QED) is 0.356. The van der Waals surface area contributed by atoms with Gasteiger partial charge in [-0.25, -0.2) is 9.59 Å². The number of hydrogen-bond acceptors (Lipinski definition) is 4. The third kappa shape index (κ3) is 6.80. The zero-order chi connectivity index (χ0) is 25.5. The Hall–Kier alpha value is -3.91. The van der Waals surface area contributed by atoms with E-state index in [1.807, 2.05) is 56.3 Å². The summed E-state index contributed by atoms with van der Waals surface area (Å²) < 4.78 is 0. The van der Waals surface area contributed by atoms with Crippen molar-refractivity contribution in [1.29, 1.82) is 0 Å². The van der Waals surface area contributed by atoms with Crippen LogP contribution in [0.1, 0.15) is 19.4 Å². The van der Waals surface area contributed by atoms with Gasteiger partial charge in [-0.15, -0.1) is 0 Å². The second-order valence-corrected chi connectivity index (χ2v) is 8.99. The summed E-state index contributed by atoms with van der Waals surface area (Å²) in [4.78, 5) is 37.1. The van der Waals surface area contributed by atoms with Gasteiger partial charge in [0.15, 0.2) is 6.10 Å². The maximum absolute atomic E-state index is 12.8. The van der Waals surface area contributed by atoms with Crippen LogP contribution in [0.15, 0.2) is 66.7 Å². The number of nitrogens with one attached hydrogen (secondary N) is 1. The maximum Gasteiger partial charge on any atom is 0.334 e. The molecule has 8 nitrogen and oxygen atoms in total. The van der Waals surface area contributed by atoms with Crippen LogP contribution in [0, 0.1) is 5.92 Å². The summed E-state index contributed by atoms with van der Waals surface area (Å²) in [5, 5.41) is 23.6. The fourth-order valence-electron chi connectivity index (χ4n) is 3.96. The van der Waals surface area contributed by atoms with Crippen LogP contribution in [-0.4, -0.2) is 58.3 Å². The highest BCUT2D eigenvalue weighted by atomic mass is 16.4. The molecule has 0 spiro atoms. The zero-order valence-corrected chi connectivity index (χ0v) is 19.8. The number of nitrogens with zero attached hydrogens (tertiary/aromatic N) is 1. The average Bonchev–Trinajstić information content (AvgIpc) is 2.82. The highest BCUT2D eigenvalue weighted by Gasteiger charge is 2.26. The zero-order valence-electron chi connectivity index (χ0n) is 19.8. The largest absolute Gasteiger partial charge is 0.479 e. The lowest BCUT2D eigenvalue weighted by atomic mass is 9.96. The molecule has 3 aromatic rings. The molecule has 3 rings (SSSR count). The van der Waals surface area contributed by atoms with Gasteiger partial charge in [-0.3, -0.25) is 4.79 Å². The van der Waals surface area contributed by atoms with Crippen LogP contribution >= 0.6 is 0 Å². The summed E-state index contributed by atoms with van der Waals surface area (Å²) in [6.07, 6.45) is -1.55. The van der Waals surface area contributed by atoms with E-state index in [1.165, 1.54) is 4.90 Å². The minimum absolute atomic E-state index is 0.0235. The van der Waals surface area contributed by atoms with Crippen molar-refractivity contribution in [3.63, 3.8) is 0 Å². The Morgan fingerprint density at radius 3 is 2.23 bits per heavy atom. The number of primary amides is 1. The first-order chi connectivity index (χ1) is 16.7. The first-order valence-electron chi connectivity index (χ1n) is 11.5. The molecule has 0 aliphatic rings. The molecule has 0 aliphatic carbocycles. The molecule has 0 saturated carbocycles. The van der Waals surface area contributed by atoms with Crippen molar-refractivity contribution in [1.82, 2.24) is 10.2 Å². The van der Waals surface area contributed by atoms with E-state index in [9.17, 15) is 19.5 Å². The number of aliphatic hydroxyl groups is 1. The molecule has 0 bridgehead atoms. The molecule has 2 atom stereocenters. The van der Waals surface area contributed by atoms with Gasteiger partial charge in [0.25, 0.3) is 0 Å². The van der Waals surface area contributed by atoms with E-state index < -0.39 is 36.6 Å². The summed E-state index contributed by atoms with van der Waals surface area (Å²) in [5.41, 5.74) is 8.47. The molecule has 8 heteroatoms. The fourth-order valence-corrected chi connectivity index (χ4v) is 3.96. The van der Waals surface area contributed by atoms with E-state index in [2.05, 4.69) is 29.6 Å². The molecule has 2 unspecified atom stereocenters. The number of carbonyl (C=O) groups excluding carboxylic acids is 2. The molecular formula is C27H31N3O5. The number of hydrogen-bond donors (Lipinski definition) is 4. The standard InChI is InChI=1S/C27H31N3O5/c1-17(2)15-30(16-24(31)26(33)34)27(35)29-23(25(28)32)14-18-10-12-20(13-11-18)22-9-5-7-19-6-3-4-8-21(19)22/h3-13,17,23-24,31H,14-16H2,1-2H3,(H2,28,32)(H,29,35)(H,33,34). The van der Waals surface area contributed by atoms with Crippen LogP contribution in [0.25, 0.3) is 21.9 Å². The molecule has 0 aliphatic heterocycles. The van der Waals surface area contributed by atoms with Crippen molar-refractivity contribution < 1.29 is 24.6 Å². The van der Waals surface area contributed by atoms with Crippen molar-refractivity contribution in [2.75, 3.05) is 13.1 Å². The van der Waals surface area contributed by atoms with Crippen LogP contribution in [-0.2, 0) is 16.0 Å². The van der Waals surface area contributed by atoms with Crippen molar-refractivity contribution in [2.24, 2.45) is 11.7 Å². The Labute approximate surface area is 204 Å². The third-order valence-electron chi connectivity index (χ3n) is 5.69. The summed E-state index contributed by atoms with van der Waals surface area (Å²) in [5.74, 6) is -2.11. The van der Waals surface area contributed by atoms with E-state index in [0.717, 1.165) is 27.5 Å². The summed E-state index contributed by atoms with van der Waals surface area (Å²) in [7, 11) is 0. The Morgan fingerprint density at radius 1 is 0.943 bits per heavy atom. The van der Waals surface area contributed by atoms with Crippen molar-refractivity contribution in [3.8, 4) is 11.1 Å². The lowest BCUT2D eigenvalue weighted by molar-refractivity contribution is -0.147. The van der Waals surface area contributed by atoms with E-state index >= 15 is 0 Å². The first kappa shape index (κ1) is 25.7. The van der Waals surface area contributed by atoms with Crippen molar-refractivity contribution >= 4 is 28.7 Å². The van der Waals surface area contributed by atoms with Crippen LogP contribution in [0.4, 0.5) is 4.79 Å². The second kappa shape index (κ2) is 11.5. The molecule has 3 aromatic carbocycles. The number of nitrogens with two attached hydrogens (primary N) is 1. The number of urea groups is 1. The summed E-state index contributed by atoms with van der Waals surface area (Å²) >= 11 is 0. The molecule has 0 heterocycles. The molecule has 0 saturated heterocycles. The van der Waals surface area contributed by atoms with Gasteiger partial charge < -0.3 is 26.2 Å². The van der Waals surface area contributed by atoms with Crippen LogP contribution in [0.2, 0.25) is 0 Å². The van der Waals surface area contributed by atoms with Gasteiger partial charge in [-0.05, 0) is 33.4 Å². The minimum atomic E-state index is -1.73. The second-order valence-electron chi connectivity index (χ2n) is 8.99. The van der Waals surface area contributed by atoms with Crippen LogP contribution < -0.4 is 11.1 Å². The molecule has 35 heavy (non-hydrogen) atoms. The van der Waals surface area contributed by atoms with Crippen LogP contribution in [0.3, 0.4) is 0 Å². The van der Waals surface area contributed by atoms with Gasteiger partial charge in [0.2, 0.25) is 5.91 Å². The predicted molar refractivity (Wildman–Crippen MR) is 135 cm³/mol. The van der Waals surface area contributed by atoms with E-state index in [1.54, 1.807) is 0 Å². The Morgan fingerprint density at radius 2 is 1.60 bits per heavy atom. The van der Waals surface area contributed by atoms with E-state index in [-0.39, 0.29) is 18.9 Å². The Balaban J connectivity index is 1.74. The molecule has 0 aromatic heterocycles. The molecule has 0 fully saturated rings. The summed E-state index contributed by atoms with van der Waals surface area (Å²) in [6, 6.07) is 20.3. The number of fused-ring (bicyclic) bond motifs is 1. The van der Waals surface area contributed by atoms with Gasteiger partial charge in [0.1, 0.15) is 6.04 Å². The molecule has 184 valence electrons. The number of carboxylic acids is 1. The lowest BCUT2D eigenvalue weighted by Crippen LogP contribution is -2.53. The van der Waals surface area contributed by atoms with E-state index in [0.29, 0.717) is 0 Å². The number of aliphatic hydroxyl groups excluding tert-OH is 1. The van der Waals surface area contributed by atoms with Gasteiger partial charge >= 0.3 is 12.0 Å². The number of carboxylic acid groups (broad SMARTS) is 1. The van der Waals surface area contributed by atoms with Crippen LogP contribution in [0.5, 0.6) is 0 Å². The molecular weight excluding hydrogens is 446 g/mol. The van der Waals surface area contributed by atoms with Gasteiger partial charge in [0.05, 0.1) is 6.54 Å². The van der Waals surface area contributed by atoms with Gasteiger partial charge in [0, 0.05) is 13.0 Å².